The van der Waals surface area contributed by atoms with Crippen LogP contribution in [-0.4, -0.2) is 11.1 Å². The molecule has 0 bridgehead atoms. The fourth-order valence-corrected chi connectivity index (χ4v) is 1.68. The molecule has 0 radical (unpaired) electrons. The summed E-state index contributed by atoms with van der Waals surface area (Å²) in [5.41, 5.74) is 0.655. The zero-order chi connectivity index (χ0) is 12.3. The van der Waals surface area contributed by atoms with Crippen molar-refractivity contribution in [3.63, 3.8) is 0 Å². The lowest BCUT2D eigenvalue weighted by atomic mass is 9.90. The molecule has 16 heavy (non-hydrogen) atoms. The second kappa shape index (κ2) is 5.30. The standard InChI is InChI=1S/C12H14ClFO2/c1-7(8(2)12(15)16)6-9-4-3-5-10(14)11(9)13/h3-5,7-8H,6H2,1-2H3,(H,15,16). The summed E-state index contributed by atoms with van der Waals surface area (Å²) in [6.45, 7) is 3.46. The van der Waals surface area contributed by atoms with Gasteiger partial charge in [0.15, 0.2) is 0 Å². The maximum Gasteiger partial charge on any atom is 0.306 e. The van der Waals surface area contributed by atoms with E-state index in [1.165, 1.54) is 6.07 Å². The Hall–Kier alpha value is -1.09. The van der Waals surface area contributed by atoms with Gasteiger partial charge in [0.05, 0.1) is 10.9 Å². The second-order valence-corrected chi connectivity index (χ2v) is 4.40. The van der Waals surface area contributed by atoms with Crippen molar-refractivity contribution in [1.29, 1.82) is 0 Å². The van der Waals surface area contributed by atoms with Crippen molar-refractivity contribution in [2.45, 2.75) is 20.3 Å². The van der Waals surface area contributed by atoms with E-state index in [9.17, 15) is 9.18 Å². The highest BCUT2D eigenvalue weighted by atomic mass is 35.5. The topological polar surface area (TPSA) is 37.3 Å². The molecule has 0 saturated heterocycles. The fourth-order valence-electron chi connectivity index (χ4n) is 1.47. The van der Waals surface area contributed by atoms with Gasteiger partial charge in [-0.15, -0.1) is 0 Å². The SMILES string of the molecule is CC(Cc1cccc(F)c1Cl)C(C)C(=O)O. The summed E-state index contributed by atoms with van der Waals surface area (Å²) in [5.74, 6) is -1.87. The molecule has 2 atom stereocenters. The molecule has 4 heteroatoms. The normalized spacial score (nSPS) is 14.5. The third kappa shape index (κ3) is 2.95. The van der Waals surface area contributed by atoms with Gasteiger partial charge in [-0.3, -0.25) is 4.79 Å². The van der Waals surface area contributed by atoms with Crippen LogP contribution in [0.25, 0.3) is 0 Å². The van der Waals surface area contributed by atoms with Gasteiger partial charge in [-0.1, -0.05) is 37.6 Å². The molecule has 1 aromatic rings. The van der Waals surface area contributed by atoms with Crippen LogP contribution < -0.4 is 0 Å². The summed E-state index contributed by atoms with van der Waals surface area (Å²) in [6.07, 6.45) is 0.462. The van der Waals surface area contributed by atoms with Gasteiger partial charge in [0.2, 0.25) is 0 Å². The lowest BCUT2D eigenvalue weighted by Gasteiger charge is -2.16. The molecule has 1 N–H and O–H groups in total. The molecule has 0 heterocycles. The van der Waals surface area contributed by atoms with E-state index in [0.717, 1.165) is 0 Å². The van der Waals surface area contributed by atoms with E-state index >= 15 is 0 Å². The summed E-state index contributed by atoms with van der Waals surface area (Å²) in [7, 11) is 0. The van der Waals surface area contributed by atoms with Crippen LogP contribution in [0, 0.1) is 17.7 Å². The Labute approximate surface area is 99.0 Å². The average molecular weight is 245 g/mol. The molecule has 0 fully saturated rings. The third-order valence-electron chi connectivity index (χ3n) is 2.82. The van der Waals surface area contributed by atoms with Crippen molar-refractivity contribution in [3.8, 4) is 0 Å². The minimum atomic E-state index is -0.847. The van der Waals surface area contributed by atoms with E-state index in [2.05, 4.69) is 0 Å². The number of carboxylic acids is 1. The van der Waals surface area contributed by atoms with Crippen molar-refractivity contribution in [2.24, 2.45) is 11.8 Å². The highest BCUT2D eigenvalue weighted by Crippen LogP contribution is 2.25. The zero-order valence-electron chi connectivity index (χ0n) is 9.21. The first-order chi connectivity index (χ1) is 7.43. The van der Waals surface area contributed by atoms with E-state index in [0.29, 0.717) is 12.0 Å². The van der Waals surface area contributed by atoms with Crippen LogP contribution in [0.3, 0.4) is 0 Å². The molecular weight excluding hydrogens is 231 g/mol. The van der Waals surface area contributed by atoms with Crippen molar-refractivity contribution in [2.75, 3.05) is 0 Å². The molecule has 1 aromatic carbocycles. The van der Waals surface area contributed by atoms with Crippen molar-refractivity contribution >= 4 is 17.6 Å². The van der Waals surface area contributed by atoms with Crippen LogP contribution in [0.2, 0.25) is 5.02 Å². The van der Waals surface area contributed by atoms with Crippen LogP contribution in [0.5, 0.6) is 0 Å². The van der Waals surface area contributed by atoms with Crippen LogP contribution in [0.15, 0.2) is 18.2 Å². The first-order valence-corrected chi connectivity index (χ1v) is 5.47. The van der Waals surface area contributed by atoms with Crippen LogP contribution >= 0.6 is 11.6 Å². The maximum absolute atomic E-state index is 13.1. The smallest absolute Gasteiger partial charge is 0.306 e. The van der Waals surface area contributed by atoms with E-state index in [4.69, 9.17) is 16.7 Å². The second-order valence-electron chi connectivity index (χ2n) is 4.02. The van der Waals surface area contributed by atoms with Gasteiger partial charge in [0.1, 0.15) is 5.82 Å². The summed E-state index contributed by atoms with van der Waals surface area (Å²) >= 11 is 5.80. The molecule has 0 spiro atoms. The predicted molar refractivity (Wildman–Crippen MR) is 61.1 cm³/mol. The molecule has 0 amide bonds. The first kappa shape index (κ1) is 13.0. The number of benzene rings is 1. The first-order valence-electron chi connectivity index (χ1n) is 5.09. The Morgan fingerprint density at radius 1 is 1.50 bits per heavy atom. The summed E-state index contributed by atoms with van der Waals surface area (Å²) < 4.78 is 13.1. The quantitative estimate of drug-likeness (QED) is 0.882. The summed E-state index contributed by atoms with van der Waals surface area (Å²) in [6, 6.07) is 4.59. The Morgan fingerprint density at radius 3 is 2.69 bits per heavy atom. The van der Waals surface area contributed by atoms with Crippen LogP contribution in [-0.2, 0) is 11.2 Å². The van der Waals surface area contributed by atoms with E-state index in [1.54, 1.807) is 19.1 Å². The summed E-state index contributed by atoms with van der Waals surface area (Å²) in [5, 5.41) is 8.94. The third-order valence-corrected chi connectivity index (χ3v) is 3.24. The Bertz CT molecular complexity index is 393. The van der Waals surface area contributed by atoms with Gasteiger partial charge < -0.3 is 5.11 Å². The minimum absolute atomic E-state index is 0.0863. The van der Waals surface area contributed by atoms with Crippen molar-refractivity contribution < 1.29 is 14.3 Å². The monoisotopic (exact) mass is 244 g/mol. The number of halogens is 2. The molecule has 1 rings (SSSR count). The molecule has 88 valence electrons. The average Bonchev–Trinajstić information content (AvgIpc) is 2.23. The van der Waals surface area contributed by atoms with Gasteiger partial charge in [0.25, 0.3) is 0 Å². The molecule has 0 aliphatic carbocycles. The highest BCUT2D eigenvalue weighted by molar-refractivity contribution is 6.31. The van der Waals surface area contributed by atoms with Crippen LogP contribution in [0.4, 0.5) is 4.39 Å². The highest BCUT2D eigenvalue weighted by Gasteiger charge is 2.20. The lowest BCUT2D eigenvalue weighted by molar-refractivity contribution is -0.142. The molecule has 2 nitrogen and oxygen atoms in total. The number of hydrogen-bond acceptors (Lipinski definition) is 1. The number of carbonyl (C=O) groups is 1. The molecule has 0 aromatic heterocycles. The molecule has 0 aliphatic heterocycles. The van der Waals surface area contributed by atoms with Gasteiger partial charge in [0, 0.05) is 0 Å². The van der Waals surface area contributed by atoms with E-state index in [1.807, 2.05) is 6.92 Å². The molecule has 0 aliphatic rings. The lowest BCUT2D eigenvalue weighted by Crippen LogP contribution is -2.20. The molecule has 0 saturated carbocycles. The van der Waals surface area contributed by atoms with Gasteiger partial charge in [-0.25, -0.2) is 4.39 Å². The van der Waals surface area contributed by atoms with Crippen LogP contribution in [0.1, 0.15) is 19.4 Å². The summed E-state index contributed by atoms with van der Waals surface area (Å²) in [4.78, 5) is 10.8. The molecular formula is C12H14ClFO2. The Morgan fingerprint density at radius 2 is 2.12 bits per heavy atom. The van der Waals surface area contributed by atoms with E-state index < -0.39 is 17.7 Å². The predicted octanol–water partition coefficient (Wildman–Crippen LogP) is 3.38. The molecule has 2 unspecified atom stereocenters. The van der Waals surface area contributed by atoms with Gasteiger partial charge in [-0.2, -0.15) is 0 Å². The maximum atomic E-state index is 13.1. The zero-order valence-corrected chi connectivity index (χ0v) is 9.96. The Balaban J connectivity index is 2.81. The minimum Gasteiger partial charge on any atom is -0.481 e. The van der Waals surface area contributed by atoms with Gasteiger partial charge >= 0.3 is 5.97 Å². The van der Waals surface area contributed by atoms with E-state index in [-0.39, 0.29) is 10.9 Å². The number of hydrogen-bond donors (Lipinski definition) is 1. The van der Waals surface area contributed by atoms with Crippen molar-refractivity contribution in [3.05, 3.63) is 34.6 Å². The number of carboxylic acid groups (broad SMARTS) is 1. The fraction of sp³-hybridized carbons (Fsp3) is 0.417. The number of rotatable bonds is 4. The largest absolute Gasteiger partial charge is 0.481 e. The number of aliphatic carboxylic acids is 1. The Kier molecular flexibility index (Phi) is 4.30. The van der Waals surface area contributed by atoms with Crippen molar-refractivity contribution in [1.82, 2.24) is 0 Å². The van der Waals surface area contributed by atoms with Gasteiger partial charge in [-0.05, 0) is 24.0 Å².